The van der Waals surface area contributed by atoms with Gasteiger partial charge >= 0.3 is 0 Å². The third kappa shape index (κ3) is 5.31. The van der Waals surface area contributed by atoms with E-state index in [1.165, 1.54) is 31.5 Å². The Labute approximate surface area is 117 Å². The topological polar surface area (TPSA) is 18.5 Å². The zero-order valence-corrected chi connectivity index (χ0v) is 12.3. The first-order valence-electron chi connectivity index (χ1n) is 7.38. The summed E-state index contributed by atoms with van der Waals surface area (Å²) in [5.41, 5.74) is 1.43. The van der Waals surface area contributed by atoms with Gasteiger partial charge in [-0.25, -0.2) is 0 Å². The molecule has 3 heteroatoms. The predicted octanol–water partition coefficient (Wildman–Crippen LogP) is 1.80. The number of hydrogen-bond acceptors (Lipinski definition) is 3. The molecule has 0 bridgehead atoms. The van der Waals surface area contributed by atoms with E-state index in [0.29, 0.717) is 6.04 Å². The van der Waals surface area contributed by atoms with Crippen molar-refractivity contribution in [1.82, 2.24) is 15.1 Å². The molecule has 0 amide bonds. The number of hydrogen-bond donors (Lipinski definition) is 1. The number of likely N-dealkylation sites (N-methyl/N-ethyl adjacent to an activating group) is 1. The van der Waals surface area contributed by atoms with Gasteiger partial charge in [-0.05, 0) is 39.0 Å². The van der Waals surface area contributed by atoms with Crippen LogP contribution in [0.1, 0.15) is 18.4 Å². The SMILES string of the molecule is CN(C)CCNC1CCCN(Cc2ccccc2)C1. The van der Waals surface area contributed by atoms with Crippen LogP contribution in [0.5, 0.6) is 0 Å². The van der Waals surface area contributed by atoms with E-state index in [4.69, 9.17) is 0 Å². The number of nitrogens with one attached hydrogen (secondary N) is 1. The van der Waals surface area contributed by atoms with Crippen molar-refractivity contribution in [3.05, 3.63) is 35.9 Å². The molecule has 0 saturated carbocycles. The lowest BCUT2D eigenvalue weighted by Gasteiger charge is -2.33. The molecule has 1 aromatic rings. The van der Waals surface area contributed by atoms with E-state index in [-0.39, 0.29) is 0 Å². The van der Waals surface area contributed by atoms with Gasteiger partial charge in [0.25, 0.3) is 0 Å². The number of nitrogens with zero attached hydrogens (tertiary/aromatic N) is 2. The zero-order chi connectivity index (χ0) is 13.5. The summed E-state index contributed by atoms with van der Waals surface area (Å²) in [6.45, 7) is 5.72. The van der Waals surface area contributed by atoms with Gasteiger partial charge in [-0.1, -0.05) is 30.3 Å². The highest BCUT2D eigenvalue weighted by atomic mass is 15.2. The zero-order valence-electron chi connectivity index (χ0n) is 12.3. The summed E-state index contributed by atoms with van der Waals surface area (Å²) in [5, 5.41) is 3.69. The highest BCUT2D eigenvalue weighted by molar-refractivity contribution is 5.14. The summed E-state index contributed by atoms with van der Waals surface area (Å²) in [7, 11) is 4.26. The Morgan fingerprint density at radius 2 is 2.05 bits per heavy atom. The summed E-state index contributed by atoms with van der Waals surface area (Å²) in [4.78, 5) is 4.81. The first-order chi connectivity index (χ1) is 9.24. The molecule has 106 valence electrons. The average molecular weight is 261 g/mol. The lowest BCUT2D eigenvalue weighted by molar-refractivity contribution is 0.181. The molecule has 1 heterocycles. The highest BCUT2D eigenvalue weighted by Gasteiger charge is 2.19. The molecule has 1 unspecified atom stereocenters. The number of piperidine rings is 1. The fraction of sp³-hybridized carbons (Fsp3) is 0.625. The molecular weight excluding hydrogens is 234 g/mol. The van der Waals surface area contributed by atoms with Crippen molar-refractivity contribution in [1.29, 1.82) is 0 Å². The highest BCUT2D eigenvalue weighted by Crippen LogP contribution is 2.13. The van der Waals surface area contributed by atoms with Crippen LogP contribution in [0.15, 0.2) is 30.3 Å². The molecule has 1 fully saturated rings. The Hall–Kier alpha value is -0.900. The van der Waals surface area contributed by atoms with Crippen molar-refractivity contribution in [3.63, 3.8) is 0 Å². The molecule has 19 heavy (non-hydrogen) atoms. The van der Waals surface area contributed by atoms with Crippen LogP contribution < -0.4 is 5.32 Å². The van der Waals surface area contributed by atoms with Gasteiger partial charge in [0.2, 0.25) is 0 Å². The quantitative estimate of drug-likeness (QED) is 0.842. The van der Waals surface area contributed by atoms with E-state index in [1.807, 2.05) is 0 Å². The van der Waals surface area contributed by atoms with Crippen LogP contribution in [0.4, 0.5) is 0 Å². The molecule has 2 rings (SSSR count). The van der Waals surface area contributed by atoms with Crippen molar-refractivity contribution in [2.75, 3.05) is 40.3 Å². The van der Waals surface area contributed by atoms with Gasteiger partial charge in [0.05, 0.1) is 0 Å². The van der Waals surface area contributed by atoms with E-state index in [9.17, 15) is 0 Å². The Morgan fingerprint density at radius 3 is 2.79 bits per heavy atom. The molecule has 0 aromatic heterocycles. The first kappa shape index (κ1) is 14.5. The van der Waals surface area contributed by atoms with Crippen molar-refractivity contribution in [3.8, 4) is 0 Å². The van der Waals surface area contributed by atoms with Gasteiger partial charge < -0.3 is 10.2 Å². The second-order valence-corrected chi connectivity index (χ2v) is 5.82. The summed E-state index contributed by atoms with van der Waals surface area (Å²) in [5.74, 6) is 0. The Balaban J connectivity index is 1.74. The summed E-state index contributed by atoms with van der Waals surface area (Å²) in [6, 6.07) is 11.5. The number of likely N-dealkylation sites (tertiary alicyclic amines) is 1. The molecule has 1 aliphatic rings. The molecule has 1 aromatic carbocycles. The maximum atomic E-state index is 3.69. The Bertz CT molecular complexity index is 350. The summed E-state index contributed by atoms with van der Waals surface area (Å²) < 4.78 is 0. The van der Waals surface area contributed by atoms with E-state index in [1.54, 1.807) is 0 Å². The minimum absolute atomic E-state index is 0.664. The van der Waals surface area contributed by atoms with Gasteiger partial charge in [0.15, 0.2) is 0 Å². The largest absolute Gasteiger partial charge is 0.311 e. The van der Waals surface area contributed by atoms with Gasteiger partial charge in [-0.3, -0.25) is 4.90 Å². The lowest BCUT2D eigenvalue weighted by Crippen LogP contribution is -2.46. The normalized spacial score (nSPS) is 20.9. The van der Waals surface area contributed by atoms with Crippen LogP contribution in [0.3, 0.4) is 0 Å². The summed E-state index contributed by atoms with van der Waals surface area (Å²) in [6.07, 6.45) is 2.63. The van der Waals surface area contributed by atoms with E-state index < -0.39 is 0 Å². The molecular formula is C16H27N3. The van der Waals surface area contributed by atoms with Crippen LogP contribution in [-0.2, 0) is 6.54 Å². The monoisotopic (exact) mass is 261 g/mol. The van der Waals surface area contributed by atoms with E-state index in [0.717, 1.165) is 19.6 Å². The number of rotatable bonds is 6. The molecule has 3 nitrogen and oxygen atoms in total. The van der Waals surface area contributed by atoms with Crippen LogP contribution in [0.25, 0.3) is 0 Å². The average Bonchev–Trinajstić information content (AvgIpc) is 2.40. The molecule has 0 spiro atoms. The van der Waals surface area contributed by atoms with Crippen LogP contribution >= 0.6 is 0 Å². The molecule has 0 aliphatic carbocycles. The third-order valence-electron chi connectivity index (χ3n) is 3.75. The molecule has 1 saturated heterocycles. The van der Waals surface area contributed by atoms with Gasteiger partial charge in [-0.2, -0.15) is 0 Å². The maximum absolute atomic E-state index is 3.69. The molecule has 1 N–H and O–H groups in total. The molecule has 1 atom stereocenters. The van der Waals surface area contributed by atoms with Crippen molar-refractivity contribution < 1.29 is 0 Å². The number of benzene rings is 1. The van der Waals surface area contributed by atoms with E-state index in [2.05, 4.69) is 59.5 Å². The molecule has 0 radical (unpaired) electrons. The lowest BCUT2D eigenvalue weighted by atomic mass is 10.0. The maximum Gasteiger partial charge on any atom is 0.0234 e. The Kier molecular flexibility index (Phi) is 5.83. The Morgan fingerprint density at radius 1 is 1.26 bits per heavy atom. The molecule has 1 aliphatic heterocycles. The van der Waals surface area contributed by atoms with E-state index >= 15 is 0 Å². The minimum atomic E-state index is 0.664. The van der Waals surface area contributed by atoms with Gasteiger partial charge in [0, 0.05) is 32.2 Å². The first-order valence-corrected chi connectivity index (χ1v) is 7.38. The fourth-order valence-electron chi connectivity index (χ4n) is 2.70. The van der Waals surface area contributed by atoms with Crippen molar-refractivity contribution >= 4 is 0 Å². The van der Waals surface area contributed by atoms with Crippen LogP contribution in [-0.4, -0.2) is 56.1 Å². The van der Waals surface area contributed by atoms with Crippen LogP contribution in [0.2, 0.25) is 0 Å². The third-order valence-corrected chi connectivity index (χ3v) is 3.75. The van der Waals surface area contributed by atoms with Crippen molar-refractivity contribution in [2.24, 2.45) is 0 Å². The van der Waals surface area contributed by atoms with Crippen LogP contribution in [0, 0.1) is 0 Å². The summed E-state index contributed by atoms with van der Waals surface area (Å²) >= 11 is 0. The standard InChI is InChI=1S/C16H27N3/c1-18(2)12-10-17-16-9-6-11-19(14-16)13-15-7-4-3-5-8-15/h3-5,7-8,16-17H,6,9-14H2,1-2H3. The minimum Gasteiger partial charge on any atom is -0.311 e. The van der Waals surface area contributed by atoms with Gasteiger partial charge in [0.1, 0.15) is 0 Å². The smallest absolute Gasteiger partial charge is 0.0234 e. The fourth-order valence-corrected chi connectivity index (χ4v) is 2.70. The second-order valence-electron chi connectivity index (χ2n) is 5.82. The van der Waals surface area contributed by atoms with Crippen molar-refractivity contribution in [2.45, 2.75) is 25.4 Å². The predicted molar refractivity (Wildman–Crippen MR) is 81.3 cm³/mol. The van der Waals surface area contributed by atoms with Gasteiger partial charge in [-0.15, -0.1) is 0 Å². The second kappa shape index (κ2) is 7.63.